The lowest BCUT2D eigenvalue weighted by atomic mass is 10.0. The molecule has 1 aromatic heterocycles. The number of fused-ring (bicyclic) bond motifs is 1. The van der Waals surface area contributed by atoms with Gasteiger partial charge in [-0.3, -0.25) is 0 Å². The van der Waals surface area contributed by atoms with Crippen molar-refractivity contribution in [2.75, 3.05) is 13.1 Å². The summed E-state index contributed by atoms with van der Waals surface area (Å²) in [6, 6.07) is 6.18. The number of aromatic nitrogens is 2. The average molecular weight is 340 g/mol. The first-order chi connectivity index (χ1) is 12.2. The lowest BCUT2D eigenvalue weighted by molar-refractivity contribution is 0.199. The van der Waals surface area contributed by atoms with E-state index in [0.717, 1.165) is 24.1 Å². The SMILES string of the molecule is O=C(NCc1cccc(F)c1)N1CCc2ncnc(C3CC3)c2CC1. The van der Waals surface area contributed by atoms with Crippen LogP contribution in [0, 0.1) is 5.82 Å². The van der Waals surface area contributed by atoms with Gasteiger partial charge in [0.2, 0.25) is 0 Å². The van der Waals surface area contributed by atoms with Gasteiger partial charge in [-0.1, -0.05) is 12.1 Å². The van der Waals surface area contributed by atoms with Crippen LogP contribution in [0.25, 0.3) is 0 Å². The third-order valence-electron chi connectivity index (χ3n) is 4.90. The van der Waals surface area contributed by atoms with Crippen LogP contribution in [0.15, 0.2) is 30.6 Å². The predicted molar refractivity (Wildman–Crippen MR) is 91.6 cm³/mol. The first kappa shape index (κ1) is 16.0. The van der Waals surface area contributed by atoms with Crippen LogP contribution < -0.4 is 5.32 Å². The minimum Gasteiger partial charge on any atom is -0.334 e. The Morgan fingerprint density at radius 1 is 1.24 bits per heavy atom. The molecule has 1 aliphatic heterocycles. The zero-order chi connectivity index (χ0) is 17.2. The normalized spacial score (nSPS) is 16.9. The van der Waals surface area contributed by atoms with Crippen molar-refractivity contribution in [1.82, 2.24) is 20.2 Å². The lowest BCUT2D eigenvalue weighted by Crippen LogP contribution is -2.41. The Morgan fingerprint density at radius 2 is 2.08 bits per heavy atom. The van der Waals surface area contributed by atoms with Gasteiger partial charge in [0.05, 0.1) is 5.69 Å². The van der Waals surface area contributed by atoms with Gasteiger partial charge in [0.15, 0.2) is 0 Å². The summed E-state index contributed by atoms with van der Waals surface area (Å²) in [4.78, 5) is 23.2. The summed E-state index contributed by atoms with van der Waals surface area (Å²) in [6.07, 6.45) is 5.63. The molecule has 0 saturated heterocycles. The van der Waals surface area contributed by atoms with Crippen molar-refractivity contribution in [1.29, 1.82) is 0 Å². The van der Waals surface area contributed by atoms with Crippen LogP contribution in [-0.2, 0) is 19.4 Å². The van der Waals surface area contributed by atoms with Crippen LogP contribution in [0.1, 0.15) is 41.3 Å². The fourth-order valence-corrected chi connectivity index (χ4v) is 3.40. The van der Waals surface area contributed by atoms with E-state index in [0.29, 0.717) is 25.6 Å². The number of hydrogen-bond acceptors (Lipinski definition) is 3. The van der Waals surface area contributed by atoms with E-state index < -0.39 is 0 Å². The number of amides is 2. The van der Waals surface area contributed by atoms with Gasteiger partial charge in [-0.05, 0) is 42.5 Å². The van der Waals surface area contributed by atoms with Crippen molar-refractivity contribution < 1.29 is 9.18 Å². The fraction of sp³-hybridized carbons (Fsp3) is 0.421. The maximum absolute atomic E-state index is 13.2. The van der Waals surface area contributed by atoms with Crippen molar-refractivity contribution >= 4 is 6.03 Å². The first-order valence-electron chi connectivity index (χ1n) is 8.80. The van der Waals surface area contributed by atoms with Gasteiger partial charge in [0.25, 0.3) is 0 Å². The molecule has 2 amide bonds. The number of hydrogen-bond donors (Lipinski definition) is 1. The molecule has 1 saturated carbocycles. The Bertz CT molecular complexity index is 791. The zero-order valence-electron chi connectivity index (χ0n) is 14.0. The molecular weight excluding hydrogens is 319 g/mol. The van der Waals surface area contributed by atoms with E-state index in [1.54, 1.807) is 18.5 Å². The Balaban J connectivity index is 1.39. The van der Waals surface area contributed by atoms with Crippen molar-refractivity contribution in [2.45, 2.75) is 38.1 Å². The maximum Gasteiger partial charge on any atom is 0.317 e. The molecule has 0 bridgehead atoms. The fourth-order valence-electron chi connectivity index (χ4n) is 3.40. The van der Waals surface area contributed by atoms with Gasteiger partial charge in [-0.2, -0.15) is 0 Å². The molecule has 1 fully saturated rings. The standard InChI is InChI=1S/C19H21FN4O/c20-15-3-1-2-13(10-15)11-21-19(25)24-8-6-16-17(7-9-24)22-12-23-18(16)14-4-5-14/h1-3,10,12,14H,4-9,11H2,(H,21,25). The molecule has 2 heterocycles. The molecule has 130 valence electrons. The summed E-state index contributed by atoms with van der Waals surface area (Å²) < 4.78 is 13.2. The summed E-state index contributed by atoms with van der Waals surface area (Å²) in [6.45, 7) is 1.63. The highest BCUT2D eigenvalue weighted by atomic mass is 19.1. The van der Waals surface area contributed by atoms with Crippen LogP contribution in [0.3, 0.4) is 0 Å². The Kier molecular flexibility index (Phi) is 4.34. The van der Waals surface area contributed by atoms with Crippen LogP contribution >= 0.6 is 0 Å². The second kappa shape index (κ2) is 6.78. The highest BCUT2D eigenvalue weighted by Gasteiger charge is 2.30. The largest absolute Gasteiger partial charge is 0.334 e. The smallest absolute Gasteiger partial charge is 0.317 e. The lowest BCUT2D eigenvalue weighted by Gasteiger charge is -2.20. The van der Waals surface area contributed by atoms with E-state index in [4.69, 9.17) is 0 Å². The van der Waals surface area contributed by atoms with Gasteiger partial charge in [-0.15, -0.1) is 0 Å². The summed E-state index contributed by atoms with van der Waals surface area (Å²) in [5.74, 6) is 0.299. The van der Waals surface area contributed by atoms with E-state index >= 15 is 0 Å². The molecule has 2 aromatic rings. The maximum atomic E-state index is 13.2. The molecule has 2 aliphatic rings. The molecule has 0 radical (unpaired) electrons. The first-order valence-corrected chi connectivity index (χ1v) is 8.80. The van der Waals surface area contributed by atoms with Crippen molar-refractivity contribution in [3.63, 3.8) is 0 Å². The third kappa shape index (κ3) is 3.62. The van der Waals surface area contributed by atoms with E-state index in [2.05, 4.69) is 15.3 Å². The Morgan fingerprint density at radius 3 is 2.88 bits per heavy atom. The van der Waals surface area contributed by atoms with Crippen molar-refractivity contribution in [3.8, 4) is 0 Å². The number of halogens is 1. The van der Waals surface area contributed by atoms with E-state index in [1.807, 2.05) is 4.90 Å². The highest BCUT2D eigenvalue weighted by Crippen LogP contribution is 2.41. The second-order valence-electron chi connectivity index (χ2n) is 6.73. The van der Waals surface area contributed by atoms with E-state index in [-0.39, 0.29) is 11.8 Å². The van der Waals surface area contributed by atoms with Crippen LogP contribution in [0.5, 0.6) is 0 Å². The molecule has 1 aliphatic carbocycles. The van der Waals surface area contributed by atoms with Crippen LogP contribution in [0.2, 0.25) is 0 Å². The molecule has 6 heteroatoms. The monoisotopic (exact) mass is 340 g/mol. The molecule has 5 nitrogen and oxygen atoms in total. The number of nitrogens with zero attached hydrogens (tertiary/aromatic N) is 3. The molecule has 25 heavy (non-hydrogen) atoms. The number of benzene rings is 1. The molecule has 1 aromatic carbocycles. The number of urea groups is 1. The van der Waals surface area contributed by atoms with E-state index in [1.165, 1.54) is 36.2 Å². The van der Waals surface area contributed by atoms with Gasteiger partial charge < -0.3 is 10.2 Å². The molecule has 0 atom stereocenters. The zero-order valence-corrected chi connectivity index (χ0v) is 14.0. The number of carbonyl (C=O) groups excluding carboxylic acids is 1. The minimum absolute atomic E-state index is 0.113. The molecule has 0 unspecified atom stereocenters. The summed E-state index contributed by atoms with van der Waals surface area (Å²) >= 11 is 0. The topological polar surface area (TPSA) is 58.1 Å². The average Bonchev–Trinajstić information content (AvgIpc) is 3.46. The third-order valence-corrected chi connectivity index (χ3v) is 4.90. The summed E-state index contributed by atoms with van der Waals surface area (Å²) in [5, 5.41) is 2.88. The molecule has 4 rings (SSSR count). The highest BCUT2D eigenvalue weighted by molar-refractivity contribution is 5.74. The molecular formula is C19H21FN4O. The van der Waals surface area contributed by atoms with Crippen molar-refractivity contribution in [3.05, 3.63) is 58.9 Å². The van der Waals surface area contributed by atoms with E-state index in [9.17, 15) is 9.18 Å². The summed E-state index contributed by atoms with van der Waals surface area (Å²) in [5.41, 5.74) is 4.27. The van der Waals surface area contributed by atoms with Gasteiger partial charge >= 0.3 is 6.03 Å². The quantitative estimate of drug-likeness (QED) is 0.935. The Hall–Kier alpha value is -2.50. The van der Waals surface area contributed by atoms with Gasteiger partial charge in [0, 0.05) is 37.7 Å². The Labute approximate surface area is 146 Å². The number of carbonyl (C=O) groups is 1. The van der Waals surface area contributed by atoms with Crippen molar-refractivity contribution in [2.24, 2.45) is 0 Å². The molecule has 1 N–H and O–H groups in total. The number of rotatable bonds is 3. The second-order valence-corrected chi connectivity index (χ2v) is 6.73. The number of nitrogens with one attached hydrogen (secondary N) is 1. The van der Waals surface area contributed by atoms with Gasteiger partial charge in [0.1, 0.15) is 12.1 Å². The molecule has 0 spiro atoms. The van der Waals surface area contributed by atoms with Crippen LogP contribution in [-0.4, -0.2) is 34.0 Å². The minimum atomic E-state index is -0.289. The predicted octanol–water partition coefficient (Wildman–Crippen LogP) is 2.80. The summed E-state index contributed by atoms with van der Waals surface area (Å²) in [7, 11) is 0. The van der Waals surface area contributed by atoms with Gasteiger partial charge in [-0.25, -0.2) is 19.2 Å². The van der Waals surface area contributed by atoms with Crippen LogP contribution in [0.4, 0.5) is 9.18 Å².